The highest BCUT2D eigenvalue weighted by Crippen LogP contribution is 2.52. The van der Waals surface area contributed by atoms with Gasteiger partial charge >= 0.3 is 0 Å². The molecule has 5 atom stereocenters. The second kappa shape index (κ2) is 14.2. The summed E-state index contributed by atoms with van der Waals surface area (Å²) in [4.78, 5) is 0. The zero-order valence-corrected chi connectivity index (χ0v) is 32.4. The number of methoxy groups -OCH3 is 2. The monoisotopic (exact) mass is 756 g/mol. The van der Waals surface area contributed by atoms with Gasteiger partial charge in [-0.05, 0) is 127 Å². The van der Waals surface area contributed by atoms with Gasteiger partial charge in [0.2, 0.25) is 0 Å². The standard InChI is InChI=1S/C46H48N2O8/c1-21-13-25-8-10-33(46(54)39(25)24(4)48-21)40-29(20-49)18-38(56-6)42-32(40)12-11-31(45(42)53)30-9-7-26-15-28(17-37(55-5)41(26)44(30)52)43(51)35-16-27-14-22(2)47-23(3)34(27)19-36(35)50/h7-12,15-19,21-24,43,47-54H,13-14,20H2,1-6H3. The van der Waals surface area contributed by atoms with Crippen LogP contribution in [0.1, 0.15) is 84.8 Å². The van der Waals surface area contributed by atoms with Crippen molar-refractivity contribution in [3.8, 4) is 56.8 Å². The Kier molecular flexibility index (Phi) is 9.49. The Bertz CT molecular complexity index is 2550. The largest absolute Gasteiger partial charge is 0.508 e. The zero-order chi connectivity index (χ0) is 39.7. The van der Waals surface area contributed by atoms with Gasteiger partial charge in [0.05, 0.1) is 31.6 Å². The van der Waals surface area contributed by atoms with Gasteiger partial charge in [-0.25, -0.2) is 0 Å². The van der Waals surface area contributed by atoms with Gasteiger partial charge in [-0.3, -0.25) is 0 Å². The number of phenolic OH excluding ortho intramolecular Hbond substituents is 4. The van der Waals surface area contributed by atoms with E-state index in [4.69, 9.17) is 9.47 Å². The maximum Gasteiger partial charge on any atom is 0.135 e. The van der Waals surface area contributed by atoms with E-state index < -0.39 is 6.10 Å². The molecule has 56 heavy (non-hydrogen) atoms. The SMILES string of the molecule is COc1cc(C(O)c2cc3c(cc2O)C(C)NC(C)C3)cc2ccc(-c3ccc4c(-c5ccc6c(c5O)C(C)NC(C)C6)c(CO)cc(OC)c4c3O)c(O)c12. The van der Waals surface area contributed by atoms with E-state index in [-0.39, 0.29) is 53.8 Å². The van der Waals surface area contributed by atoms with Crippen LogP contribution in [0.3, 0.4) is 0 Å². The lowest BCUT2D eigenvalue weighted by molar-refractivity contribution is 0.215. The number of aliphatic hydroxyl groups excluding tert-OH is 2. The molecule has 0 saturated carbocycles. The third-order valence-electron chi connectivity index (χ3n) is 11.8. The first kappa shape index (κ1) is 37.4. The van der Waals surface area contributed by atoms with Gasteiger partial charge in [0.25, 0.3) is 0 Å². The van der Waals surface area contributed by atoms with E-state index >= 15 is 0 Å². The fourth-order valence-electron chi connectivity index (χ4n) is 9.28. The fraction of sp³-hybridized carbons (Fsp3) is 0.304. The summed E-state index contributed by atoms with van der Waals surface area (Å²) in [6.45, 7) is 7.95. The van der Waals surface area contributed by atoms with E-state index in [1.807, 2.05) is 25.1 Å². The van der Waals surface area contributed by atoms with Gasteiger partial charge in [0, 0.05) is 52.0 Å². The number of aromatic hydroxyl groups is 4. The predicted molar refractivity (Wildman–Crippen MR) is 218 cm³/mol. The Morgan fingerprint density at radius 1 is 0.679 bits per heavy atom. The van der Waals surface area contributed by atoms with Crippen LogP contribution >= 0.6 is 0 Å². The number of nitrogens with one attached hydrogen (secondary N) is 2. The van der Waals surface area contributed by atoms with Gasteiger partial charge in [-0.15, -0.1) is 0 Å². The molecule has 2 aliphatic rings. The molecule has 6 aromatic rings. The summed E-state index contributed by atoms with van der Waals surface area (Å²) in [6, 6.07) is 20.0. The van der Waals surface area contributed by atoms with Crippen LogP contribution in [0.15, 0.2) is 66.7 Å². The molecular weight excluding hydrogens is 709 g/mol. The van der Waals surface area contributed by atoms with E-state index in [1.54, 1.807) is 48.5 Å². The average Bonchev–Trinajstić information content (AvgIpc) is 3.17. The summed E-state index contributed by atoms with van der Waals surface area (Å²) in [5.41, 5.74) is 7.05. The maximum atomic E-state index is 12.1. The van der Waals surface area contributed by atoms with Gasteiger partial charge < -0.3 is 50.7 Å². The maximum absolute atomic E-state index is 12.1. The van der Waals surface area contributed by atoms with Crippen LogP contribution in [-0.4, -0.2) is 56.9 Å². The molecule has 2 aliphatic heterocycles. The highest BCUT2D eigenvalue weighted by molar-refractivity contribution is 6.10. The topological polar surface area (TPSA) is 164 Å². The van der Waals surface area contributed by atoms with Crippen molar-refractivity contribution in [2.45, 2.75) is 77.4 Å². The number of rotatable bonds is 7. The molecule has 5 unspecified atom stereocenters. The lowest BCUT2D eigenvalue weighted by atomic mass is 9.84. The minimum absolute atomic E-state index is 0.00350. The molecule has 290 valence electrons. The van der Waals surface area contributed by atoms with Crippen molar-refractivity contribution in [2.75, 3.05) is 14.2 Å². The highest BCUT2D eigenvalue weighted by Gasteiger charge is 2.30. The number of ether oxygens (including phenoxy) is 2. The number of hydrogen-bond donors (Lipinski definition) is 8. The summed E-state index contributed by atoms with van der Waals surface area (Å²) in [5.74, 6) is 0.427. The quantitative estimate of drug-likeness (QED) is 0.0803. The molecule has 10 nitrogen and oxygen atoms in total. The first-order chi connectivity index (χ1) is 26.8. The molecule has 0 aromatic heterocycles. The smallest absolute Gasteiger partial charge is 0.135 e. The van der Waals surface area contributed by atoms with Crippen molar-refractivity contribution in [3.63, 3.8) is 0 Å². The second-order valence-electron chi connectivity index (χ2n) is 15.5. The van der Waals surface area contributed by atoms with Crippen LogP contribution in [0.2, 0.25) is 0 Å². The average molecular weight is 757 g/mol. The van der Waals surface area contributed by atoms with Gasteiger partial charge in [-0.1, -0.05) is 24.3 Å². The van der Waals surface area contributed by atoms with Crippen LogP contribution in [-0.2, 0) is 19.4 Å². The van der Waals surface area contributed by atoms with Crippen molar-refractivity contribution >= 4 is 21.5 Å². The fourth-order valence-corrected chi connectivity index (χ4v) is 9.28. The molecule has 0 radical (unpaired) electrons. The van der Waals surface area contributed by atoms with Crippen LogP contribution < -0.4 is 20.1 Å². The molecule has 0 spiro atoms. The zero-order valence-electron chi connectivity index (χ0n) is 32.4. The minimum atomic E-state index is -1.17. The first-order valence-electron chi connectivity index (χ1n) is 19.1. The van der Waals surface area contributed by atoms with E-state index in [9.17, 15) is 30.6 Å². The summed E-state index contributed by atoms with van der Waals surface area (Å²) < 4.78 is 11.6. The van der Waals surface area contributed by atoms with E-state index in [0.717, 1.165) is 35.1 Å². The van der Waals surface area contributed by atoms with Gasteiger partial charge in [0.15, 0.2) is 0 Å². The number of fused-ring (bicyclic) bond motifs is 4. The first-order valence-corrected chi connectivity index (χ1v) is 19.1. The lowest BCUT2D eigenvalue weighted by Crippen LogP contribution is -2.36. The molecule has 6 aromatic carbocycles. The summed E-state index contributed by atoms with van der Waals surface area (Å²) >= 11 is 0. The Morgan fingerprint density at radius 2 is 1.30 bits per heavy atom. The molecule has 0 amide bonds. The molecule has 8 N–H and O–H groups in total. The molecule has 0 bridgehead atoms. The molecule has 2 heterocycles. The predicted octanol–water partition coefficient (Wildman–Crippen LogP) is 7.93. The van der Waals surface area contributed by atoms with Crippen LogP contribution in [0.4, 0.5) is 0 Å². The lowest BCUT2D eigenvalue weighted by Gasteiger charge is -2.31. The molecule has 0 saturated heterocycles. The van der Waals surface area contributed by atoms with Crippen molar-refractivity contribution in [2.24, 2.45) is 0 Å². The van der Waals surface area contributed by atoms with Crippen LogP contribution in [0.25, 0.3) is 43.8 Å². The van der Waals surface area contributed by atoms with E-state index in [0.29, 0.717) is 72.0 Å². The van der Waals surface area contributed by atoms with E-state index in [2.05, 4.69) is 31.4 Å². The number of phenols is 4. The number of aliphatic hydroxyl groups is 2. The second-order valence-corrected chi connectivity index (χ2v) is 15.5. The Hall–Kier alpha value is -5.52. The number of benzene rings is 6. The molecule has 10 heteroatoms. The third-order valence-corrected chi connectivity index (χ3v) is 11.8. The molecule has 8 rings (SSSR count). The summed E-state index contributed by atoms with van der Waals surface area (Å²) in [6.07, 6.45) is 0.362. The van der Waals surface area contributed by atoms with Gasteiger partial charge in [0.1, 0.15) is 40.6 Å². The third kappa shape index (κ3) is 5.95. The van der Waals surface area contributed by atoms with Crippen molar-refractivity contribution in [3.05, 3.63) is 106 Å². The highest BCUT2D eigenvalue weighted by atomic mass is 16.5. The molecule has 0 aliphatic carbocycles. The Balaban J connectivity index is 1.25. The normalized spacial score (nSPS) is 19.8. The number of hydrogen-bond acceptors (Lipinski definition) is 10. The van der Waals surface area contributed by atoms with Gasteiger partial charge in [-0.2, -0.15) is 0 Å². The van der Waals surface area contributed by atoms with Crippen molar-refractivity contribution < 1.29 is 40.1 Å². The molecule has 0 fully saturated rings. The van der Waals surface area contributed by atoms with Crippen molar-refractivity contribution in [1.29, 1.82) is 0 Å². The van der Waals surface area contributed by atoms with E-state index in [1.165, 1.54) is 14.2 Å². The Labute approximate surface area is 325 Å². The van der Waals surface area contributed by atoms with Crippen molar-refractivity contribution in [1.82, 2.24) is 10.6 Å². The van der Waals surface area contributed by atoms with Crippen LogP contribution in [0.5, 0.6) is 34.5 Å². The Morgan fingerprint density at radius 3 is 2.00 bits per heavy atom. The summed E-state index contributed by atoms with van der Waals surface area (Å²) in [7, 11) is 2.97. The van der Waals surface area contributed by atoms with Crippen LogP contribution in [0, 0.1) is 0 Å². The molecular formula is C46H48N2O8. The minimum Gasteiger partial charge on any atom is -0.508 e. The summed E-state index contributed by atoms with van der Waals surface area (Å²) in [5, 5.41) is 77.8.